The standard InChI is InChI=1S/C17H18FNOS/c1-2-10-19(13-16-7-4-11-21-16)17(20)9-8-14-5-3-6-15(18)12-14/h2-7,11-12H,1,8-10,13H2. The first-order valence-corrected chi connectivity index (χ1v) is 7.72. The monoisotopic (exact) mass is 303 g/mol. The van der Waals surface area contributed by atoms with E-state index in [9.17, 15) is 9.18 Å². The highest BCUT2D eigenvalue weighted by Gasteiger charge is 2.13. The van der Waals surface area contributed by atoms with Crippen LogP contribution in [-0.2, 0) is 17.8 Å². The average Bonchev–Trinajstić information content (AvgIpc) is 2.97. The summed E-state index contributed by atoms with van der Waals surface area (Å²) in [5.74, 6) is -0.200. The topological polar surface area (TPSA) is 20.3 Å². The molecule has 0 aliphatic rings. The third-order valence-electron chi connectivity index (χ3n) is 3.15. The normalized spacial score (nSPS) is 10.3. The molecule has 0 bridgehead atoms. The van der Waals surface area contributed by atoms with E-state index in [0.717, 1.165) is 10.4 Å². The Labute approximate surface area is 128 Å². The minimum Gasteiger partial charge on any atom is -0.334 e. The summed E-state index contributed by atoms with van der Waals surface area (Å²) >= 11 is 1.63. The van der Waals surface area contributed by atoms with Crippen molar-refractivity contribution in [2.45, 2.75) is 19.4 Å². The highest BCUT2D eigenvalue weighted by molar-refractivity contribution is 7.09. The summed E-state index contributed by atoms with van der Waals surface area (Å²) in [5.41, 5.74) is 0.845. The third-order valence-corrected chi connectivity index (χ3v) is 4.01. The van der Waals surface area contributed by atoms with Crippen molar-refractivity contribution in [1.29, 1.82) is 0 Å². The minimum absolute atomic E-state index is 0.0626. The Hall–Kier alpha value is -1.94. The van der Waals surface area contributed by atoms with Gasteiger partial charge in [0.2, 0.25) is 5.91 Å². The van der Waals surface area contributed by atoms with Crippen molar-refractivity contribution in [3.63, 3.8) is 0 Å². The third kappa shape index (κ3) is 4.83. The van der Waals surface area contributed by atoms with Crippen LogP contribution < -0.4 is 0 Å². The fraction of sp³-hybridized carbons (Fsp3) is 0.235. The molecule has 0 fully saturated rings. The zero-order valence-electron chi connectivity index (χ0n) is 11.8. The van der Waals surface area contributed by atoms with Crippen molar-refractivity contribution in [3.05, 3.63) is 70.7 Å². The van der Waals surface area contributed by atoms with Crippen molar-refractivity contribution in [1.82, 2.24) is 4.90 Å². The van der Waals surface area contributed by atoms with Gasteiger partial charge in [0.05, 0.1) is 6.54 Å². The molecule has 2 nitrogen and oxygen atoms in total. The second kappa shape index (κ2) is 7.74. The van der Waals surface area contributed by atoms with Gasteiger partial charge in [0, 0.05) is 17.8 Å². The van der Waals surface area contributed by atoms with Crippen LogP contribution in [0, 0.1) is 5.82 Å². The number of rotatable bonds is 7. The van der Waals surface area contributed by atoms with E-state index in [2.05, 4.69) is 6.58 Å². The first kappa shape index (κ1) is 15.4. The van der Waals surface area contributed by atoms with E-state index in [0.29, 0.717) is 25.9 Å². The zero-order valence-corrected chi connectivity index (χ0v) is 12.6. The molecule has 4 heteroatoms. The lowest BCUT2D eigenvalue weighted by molar-refractivity contribution is -0.131. The van der Waals surface area contributed by atoms with Gasteiger partial charge in [0.1, 0.15) is 5.82 Å². The van der Waals surface area contributed by atoms with E-state index in [1.165, 1.54) is 12.1 Å². The summed E-state index contributed by atoms with van der Waals surface area (Å²) in [6, 6.07) is 10.4. The Morgan fingerprint density at radius 2 is 2.19 bits per heavy atom. The molecule has 0 N–H and O–H groups in total. The number of benzene rings is 1. The van der Waals surface area contributed by atoms with Gasteiger partial charge in [0.25, 0.3) is 0 Å². The first-order valence-electron chi connectivity index (χ1n) is 6.84. The van der Waals surface area contributed by atoms with Crippen LogP contribution in [0.3, 0.4) is 0 Å². The van der Waals surface area contributed by atoms with Gasteiger partial charge in [-0.2, -0.15) is 0 Å². The summed E-state index contributed by atoms with van der Waals surface area (Å²) in [5, 5.41) is 2.00. The van der Waals surface area contributed by atoms with Crippen LogP contribution in [0.2, 0.25) is 0 Å². The molecule has 2 rings (SSSR count). The van der Waals surface area contributed by atoms with Crippen molar-refractivity contribution >= 4 is 17.2 Å². The molecule has 0 spiro atoms. The van der Waals surface area contributed by atoms with Gasteiger partial charge in [-0.3, -0.25) is 4.79 Å². The quantitative estimate of drug-likeness (QED) is 0.707. The van der Waals surface area contributed by atoms with Crippen LogP contribution in [0.1, 0.15) is 16.9 Å². The van der Waals surface area contributed by atoms with Crippen LogP contribution >= 0.6 is 11.3 Å². The Balaban J connectivity index is 1.93. The van der Waals surface area contributed by atoms with E-state index in [-0.39, 0.29) is 11.7 Å². The van der Waals surface area contributed by atoms with Crippen LogP contribution in [0.4, 0.5) is 4.39 Å². The fourth-order valence-corrected chi connectivity index (χ4v) is 2.82. The molecular formula is C17H18FNOS. The van der Waals surface area contributed by atoms with Gasteiger partial charge in [0.15, 0.2) is 0 Å². The van der Waals surface area contributed by atoms with Crippen LogP contribution in [0.5, 0.6) is 0 Å². The fourth-order valence-electron chi connectivity index (χ4n) is 2.10. The maximum absolute atomic E-state index is 13.1. The SMILES string of the molecule is C=CCN(Cc1cccs1)C(=O)CCc1cccc(F)c1. The molecule has 1 heterocycles. The van der Waals surface area contributed by atoms with Crippen LogP contribution in [0.15, 0.2) is 54.4 Å². The van der Waals surface area contributed by atoms with Crippen molar-refractivity contribution in [2.24, 2.45) is 0 Å². The number of hydrogen-bond acceptors (Lipinski definition) is 2. The Morgan fingerprint density at radius 3 is 2.86 bits per heavy atom. The van der Waals surface area contributed by atoms with Gasteiger partial charge >= 0.3 is 0 Å². The molecule has 0 atom stereocenters. The predicted molar refractivity (Wildman–Crippen MR) is 84.7 cm³/mol. The molecule has 1 amide bonds. The van der Waals surface area contributed by atoms with Crippen LogP contribution in [-0.4, -0.2) is 17.4 Å². The molecule has 0 aliphatic carbocycles. The number of hydrogen-bond donors (Lipinski definition) is 0. The summed E-state index contributed by atoms with van der Waals surface area (Å²) in [6.45, 7) is 4.83. The molecule has 0 aliphatic heterocycles. The van der Waals surface area contributed by atoms with E-state index in [1.807, 2.05) is 23.6 Å². The first-order chi connectivity index (χ1) is 10.2. The number of amides is 1. The molecule has 21 heavy (non-hydrogen) atoms. The second-order valence-corrected chi connectivity index (χ2v) is 5.80. The number of nitrogens with zero attached hydrogens (tertiary/aromatic N) is 1. The Morgan fingerprint density at radius 1 is 1.33 bits per heavy atom. The summed E-state index contributed by atoms with van der Waals surface area (Å²) in [7, 11) is 0. The van der Waals surface area contributed by atoms with E-state index >= 15 is 0 Å². The van der Waals surface area contributed by atoms with Crippen molar-refractivity contribution in [2.75, 3.05) is 6.54 Å². The molecule has 1 aromatic carbocycles. The molecule has 0 radical (unpaired) electrons. The van der Waals surface area contributed by atoms with Gasteiger partial charge < -0.3 is 4.90 Å². The zero-order chi connectivity index (χ0) is 15.1. The highest BCUT2D eigenvalue weighted by atomic mass is 32.1. The average molecular weight is 303 g/mol. The highest BCUT2D eigenvalue weighted by Crippen LogP contribution is 2.14. The minimum atomic E-state index is -0.263. The van der Waals surface area contributed by atoms with Gasteiger partial charge in [-0.05, 0) is 35.6 Å². The number of carbonyl (C=O) groups is 1. The molecular weight excluding hydrogens is 285 g/mol. The molecule has 0 saturated carbocycles. The maximum Gasteiger partial charge on any atom is 0.223 e. The number of thiophene rings is 1. The number of halogens is 1. The predicted octanol–water partition coefficient (Wildman–Crippen LogP) is 4.03. The lowest BCUT2D eigenvalue weighted by Gasteiger charge is -2.20. The molecule has 0 saturated heterocycles. The van der Waals surface area contributed by atoms with Crippen molar-refractivity contribution < 1.29 is 9.18 Å². The van der Waals surface area contributed by atoms with E-state index in [1.54, 1.807) is 28.4 Å². The van der Waals surface area contributed by atoms with E-state index < -0.39 is 0 Å². The van der Waals surface area contributed by atoms with Gasteiger partial charge in [-0.15, -0.1) is 17.9 Å². The largest absolute Gasteiger partial charge is 0.334 e. The van der Waals surface area contributed by atoms with E-state index in [4.69, 9.17) is 0 Å². The Kier molecular flexibility index (Phi) is 5.69. The second-order valence-electron chi connectivity index (χ2n) is 4.77. The lowest BCUT2D eigenvalue weighted by atomic mass is 10.1. The van der Waals surface area contributed by atoms with Gasteiger partial charge in [-0.25, -0.2) is 4.39 Å². The Bertz CT molecular complexity index is 595. The number of carbonyl (C=O) groups excluding carboxylic acids is 1. The smallest absolute Gasteiger partial charge is 0.223 e. The summed E-state index contributed by atoms with van der Waals surface area (Å²) < 4.78 is 13.1. The van der Waals surface area contributed by atoms with Gasteiger partial charge in [-0.1, -0.05) is 24.3 Å². The maximum atomic E-state index is 13.1. The van der Waals surface area contributed by atoms with Crippen LogP contribution in [0.25, 0.3) is 0 Å². The summed E-state index contributed by atoms with van der Waals surface area (Å²) in [4.78, 5) is 15.2. The molecule has 0 unspecified atom stereocenters. The lowest BCUT2D eigenvalue weighted by Crippen LogP contribution is -2.30. The van der Waals surface area contributed by atoms with Crippen molar-refractivity contribution in [3.8, 4) is 0 Å². The molecule has 1 aromatic heterocycles. The molecule has 110 valence electrons. The summed E-state index contributed by atoms with van der Waals surface area (Å²) in [6.07, 6.45) is 2.66. The number of aryl methyl sites for hydroxylation is 1. The molecule has 2 aromatic rings.